The summed E-state index contributed by atoms with van der Waals surface area (Å²) in [5.74, 6) is 0.893. The molecule has 0 spiro atoms. The van der Waals surface area contributed by atoms with Crippen LogP contribution in [0.2, 0.25) is 0 Å². The molecule has 0 aliphatic carbocycles. The van der Waals surface area contributed by atoms with E-state index in [2.05, 4.69) is 21.9 Å². The molecule has 0 unspecified atom stereocenters. The molecule has 0 fully saturated rings. The van der Waals surface area contributed by atoms with Crippen molar-refractivity contribution in [2.45, 2.75) is 20.3 Å². The summed E-state index contributed by atoms with van der Waals surface area (Å²) in [7, 11) is 0. The maximum absolute atomic E-state index is 9.11. The molecule has 0 radical (unpaired) electrons. The molecule has 0 bridgehead atoms. The number of aliphatic hydroxyl groups is 1. The zero-order valence-corrected chi connectivity index (χ0v) is 10.3. The van der Waals surface area contributed by atoms with Gasteiger partial charge in [0.25, 0.3) is 0 Å². The van der Waals surface area contributed by atoms with E-state index in [-0.39, 0.29) is 6.61 Å². The molecular weight excluding hydrogens is 216 g/mol. The van der Waals surface area contributed by atoms with Crippen LogP contribution in [-0.2, 0) is 0 Å². The lowest BCUT2D eigenvalue weighted by molar-refractivity contribution is 0.301. The molecule has 5 heteroatoms. The predicted molar refractivity (Wildman–Crippen MR) is 67.3 cm³/mol. The van der Waals surface area contributed by atoms with Gasteiger partial charge in [0.15, 0.2) is 5.82 Å². The minimum Gasteiger partial charge on any atom is -0.395 e. The highest BCUT2D eigenvalue weighted by Crippen LogP contribution is 2.19. The molecule has 0 atom stereocenters. The smallest absolute Gasteiger partial charge is 0.154 e. The molecule has 0 aromatic carbocycles. The van der Waals surface area contributed by atoms with Crippen LogP contribution >= 0.6 is 0 Å². The van der Waals surface area contributed by atoms with Gasteiger partial charge in [-0.1, -0.05) is 6.92 Å². The van der Waals surface area contributed by atoms with Gasteiger partial charge in [-0.05, 0) is 19.4 Å². The molecule has 0 aliphatic heterocycles. The summed E-state index contributed by atoms with van der Waals surface area (Å²) in [4.78, 5) is 6.51. The predicted octanol–water partition coefficient (Wildman–Crippen LogP) is 1.25. The van der Waals surface area contributed by atoms with Gasteiger partial charge in [0.2, 0.25) is 0 Å². The van der Waals surface area contributed by atoms with Crippen LogP contribution in [0.3, 0.4) is 0 Å². The van der Waals surface area contributed by atoms with Crippen molar-refractivity contribution in [3.05, 3.63) is 24.2 Å². The van der Waals surface area contributed by atoms with Crippen LogP contribution in [0.5, 0.6) is 0 Å². The Kier molecular flexibility index (Phi) is 3.58. The van der Waals surface area contributed by atoms with E-state index in [1.54, 1.807) is 6.20 Å². The quantitative estimate of drug-likeness (QED) is 0.846. The Morgan fingerprint density at radius 3 is 2.94 bits per heavy atom. The monoisotopic (exact) mass is 234 g/mol. The number of hydrogen-bond donors (Lipinski definition) is 1. The minimum atomic E-state index is 0.135. The van der Waals surface area contributed by atoms with Gasteiger partial charge in [-0.15, -0.1) is 0 Å². The molecule has 1 N–H and O–H groups in total. The Morgan fingerprint density at radius 2 is 2.24 bits per heavy atom. The molecule has 92 valence electrons. The second kappa shape index (κ2) is 5.14. The van der Waals surface area contributed by atoms with Gasteiger partial charge in [-0.3, -0.25) is 0 Å². The van der Waals surface area contributed by atoms with E-state index in [1.807, 2.05) is 23.7 Å². The fourth-order valence-corrected chi connectivity index (χ4v) is 1.99. The van der Waals surface area contributed by atoms with Gasteiger partial charge in [-0.25, -0.2) is 9.50 Å². The third-order valence-corrected chi connectivity index (χ3v) is 2.65. The number of nitrogens with zero attached hydrogens (tertiary/aromatic N) is 4. The molecule has 2 rings (SSSR count). The molecule has 2 aromatic rings. The highest BCUT2D eigenvalue weighted by Gasteiger charge is 2.12. The van der Waals surface area contributed by atoms with Gasteiger partial charge in [-0.2, -0.15) is 5.10 Å². The van der Waals surface area contributed by atoms with Crippen molar-refractivity contribution < 1.29 is 5.11 Å². The van der Waals surface area contributed by atoms with Crippen molar-refractivity contribution in [3.8, 4) is 0 Å². The van der Waals surface area contributed by atoms with Gasteiger partial charge in [0, 0.05) is 25.5 Å². The number of aryl methyl sites for hydroxylation is 1. The standard InChI is InChI=1S/C12H18N4O/c1-3-5-15(7-8-17)12-11-9-10(2)14-16(11)6-4-13-12/h4,6,9,17H,3,5,7-8H2,1-2H3. The van der Waals surface area contributed by atoms with Gasteiger partial charge >= 0.3 is 0 Å². The van der Waals surface area contributed by atoms with E-state index in [0.29, 0.717) is 6.54 Å². The van der Waals surface area contributed by atoms with Crippen LogP contribution in [0.15, 0.2) is 18.5 Å². The average Bonchev–Trinajstić information content (AvgIpc) is 2.68. The maximum atomic E-state index is 9.11. The number of rotatable bonds is 5. The summed E-state index contributed by atoms with van der Waals surface area (Å²) in [6.45, 7) is 5.71. The molecule has 5 nitrogen and oxygen atoms in total. The second-order valence-electron chi connectivity index (χ2n) is 4.08. The van der Waals surface area contributed by atoms with Crippen molar-refractivity contribution in [3.63, 3.8) is 0 Å². The summed E-state index contributed by atoms with van der Waals surface area (Å²) >= 11 is 0. The Morgan fingerprint density at radius 1 is 1.41 bits per heavy atom. The van der Waals surface area contributed by atoms with Crippen LogP contribution in [0, 0.1) is 6.92 Å². The molecule has 2 heterocycles. The number of aromatic nitrogens is 3. The zero-order chi connectivity index (χ0) is 12.3. The second-order valence-corrected chi connectivity index (χ2v) is 4.08. The SMILES string of the molecule is CCCN(CCO)c1nccn2nc(C)cc12. The highest BCUT2D eigenvalue weighted by atomic mass is 16.3. The van der Waals surface area contributed by atoms with E-state index in [9.17, 15) is 0 Å². The summed E-state index contributed by atoms with van der Waals surface area (Å²) in [6.07, 6.45) is 4.61. The fraction of sp³-hybridized carbons (Fsp3) is 0.500. The van der Waals surface area contributed by atoms with Crippen LogP contribution in [0.1, 0.15) is 19.0 Å². The summed E-state index contributed by atoms with van der Waals surface area (Å²) in [6, 6.07) is 2.02. The summed E-state index contributed by atoms with van der Waals surface area (Å²) < 4.78 is 1.83. The summed E-state index contributed by atoms with van der Waals surface area (Å²) in [5.41, 5.74) is 1.96. The van der Waals surface area contributed by atoms with E-state index in [0.717, 1.165) is 30.0 Å². The van der Waals surface area contributed by atoms with E-state index >= 15 is 0 Å². The first-order valence-electron chi connectivity index (χ1n) is 5.93. The van der Waals surface area contributed by atoms with Gasteiger partial charge < -0.3 is 10.0 Å². The fourth-order valence-electron chi connectivity index (χ4n) is 1.99. The van der Waals surface area contributed by atoms with Crippen molar-refractivity contribution in [1.82, 2.24) is 14.6 Å². The van der Waals surface area contributed by atoms with Gasteiger partial charge in [0.05, 0.1) is 12.3 Å². The number of hydrogen-bond acceptors (Lipinski definition) is 4. The van der Waals surface area contributed by atoms with Crippen molar-refractivity contribution in [2.24, 2.45) is 0 Å². The number of fused-ring (bicyclic) bond motifs is 1. The maximum Gasteiger partial charge on any atom is 0.154 e. The van der Waals surface area contributed by atoms with Crippen molar-refractivity contribution in [2.75, 3.05) is 24.6 Å². The molecule has 0 saturated heterocycles. The molecule has 0 amide bonds. The minimum absolute atomic E-state index is 0.135. The lowest BCUT2D eigenvalue weighted by Gasteiger charge is -2.22. The largest absolute Gasteiger partial charge is 0.395 e. The molecule has 17 heavy (non-hydrogen) atoms. The Balaban J connectivity index is 2.44. The van der Waals surface area contributed by atoms with Gasteiger partial charge in [0.1, 0.15) is 5.52 Å². The lowest BCUT2D eigenvalue weighted by Crippen LogP contribution is -2.28. The first-order chi connectivity index (χ1) is 8.26. The average molecular weight is 234 g/mol. The van der Waals surface area contributed by atoms with E-state index in [4.69, 9.17) is 5.11 Å². The van der Waals surface area contributed by atoms with E-state index < -0.39 is 0 Å². The van der Waals surface area contributed by atoms with Crippen LogP contribution < -0.4 is 4.90 Å². The normalized spacial score (nSPS) is 11.0. The third-order valence-electron chi connectivity index (χ3n) is 2.65. The Bertz CT molecular complexity index is 488. The van der Waals surface area contributed by atoms with Crippen molar-refractivity contribution in [1.29, 1.82) is 0 Å². The molecule has 2 aromatic heterocycles. The first-order valence-corrected chi connectivity index (χ1v) is 5.93. The topological polar surface area (TPSA) is 53.7 Å². The lowest BCUT2D eigenvalue weighted by atomic mass is 10.3. The Labute approximate surface area is 101 Å². The molecular formula is C12H18N4O. The van der Waals surface area contributed by atoms with Crippen LogP contribution in [0.25, 0.3) is 5.52 Å². The Hall–Kier alpha value is -1.62. The summed E-state index contributed by atoms with van der Waals surface area (Å²) in [5, 5.41) is 13.5. The molecule has 0 saturated carbocycles. The van der Waals surface area contributed by atoms with Crippen LogP contribution in [0.4, 0.5) is 5.82 Å². The number of aliphatic hydroxyl groups excluding tert-OH is 1. The number of anilines is 1. The third kappa shape index (κ3) is 2.39. The highest BCUT2D eigenvalue weighted by molar-refractivity contribution is 5.69. The zero-order valence-electron chi connectivity index (χ0n) is 10.3. The van der Waals surface area contributed by atoms with E-state index in [1.165, 1.54) is 0 Å². The first kappa shape index (κ1) is 11.9. The van der Waals surface area contributed by atoms with Crippen LogP contribution in [-0.4, -0.2) is 39.4 Å². The van der Waals surface area contributed by atoms with Crippen molar-refractivity contribution >= 4 is 11.3 Å². The molecule has 0 aliphatic rings.